The van der Waals surface area contributed by atoms with Crippen LogP contribution in [-0.2, 0) is 22.6 Å². The molecule has 0 radical (unpaired) electrons. The first-order chi connectivity index (χ1) is 11.6. The number of ether oxygens (including phenoxy) is 1. The van der Waals surface area contributed by atoms with E-state index in [0.717, 1.165) is 43.6 Å². The summed E-state index contributed by atoms with van der Waals surface area (Å²) in [5, 5.41) is 15.6. The summed E-state index contributed by atoms with van der Waals surface area (Å²) in [4.78, 5) is 12.5. The molecule has 5 nitrogen and oxygen atoms in total. The fourth-order valence-electron chi connectivity index (χ4n) is 2.94. The zero-order chi connectivity index (χ0) is 17.4. The van der Waals surface area contributed by atoms with Gasteiger partial charge in [-0.15, -0.1) is 0 Å². The molecule has 1 saturated heterocycles. The average Bonchev–Trinajstić information content (AvgIpc) is 2.60. The van der Waals surface area contributed by atoms with E-state index in [1.54, 1.807) is 0 Å². The molecule has 0 aromatic heterocycles. The summed E-state index contributed by atoms with van der Waals surface area (Å²) < 4.78 is 5.38. The Balaban J connectivity index is 1.78. The molecular formula is C19H30N2O3. The van der Waals surface area contributed by atoms with Crippen molar-refractivity contribution in [1.82, 2.24) is 10.6 Å². The van der Waals surface area contributed by atoms with Gasteiger partial charge in [-0.05, 0) is 36.3 Å². The fraction of sp³-hybridized carbons (Fsp3) is 0.632. The Hall–Kier alpha value is -1.43. The molecular weight excluding hydrogens is 304 g/mol. The highest BCUT2D eigenvalue weighted by Gasteiger charge is 2.25. The number of aliphatic hydroxyl groups is 1. The number of nitrogens with one attached hydrogen (secondary N) is 2. The van der Waals surface area contributed by atoms with E-state index < -0.39 is 0 Å². The Morgan fingerprint density at radius 1 is 1.21 bits per heavy atom. The quantitative estimate of drug-likeness (QED) is 0.676. The first kappa shape index (κ1) is 18.9. The van der Waals surface area contributed by atoms with Gasteiger partial charge in [0.15, 0.2) is 0 Å². The van der Waals surface area contributed by atoms with E-state index in [1.165, 1.54) is 0 Å². The minimum absolute atomic E-state index is 0.0605. The van der Waals surface area contributed by atoms with Crippen molar-refractivity contribution in [3.05, 3.63) is 35.4 Å². The molecule has 0 bridgehead atoms. The lowest BCUT2D eigenvalue weighted by Crippen LogP contribution is -2.52. The van der Waals surface area contributed by atoms with Gasteiger partial charge in [0.2, 0.25) is 5.91 Å². The van der Waals surface area contributed by atoms with Crippen molar-refractivity contribution in [3.63, 3.8) is 0 Å². The summed E-state index contributed by atoms with van der Waals surface area (Å²) in [6.45, 7) is 6.37. The lowest BCUT2D eigenvalue weighted by Gasteiger charge is -2.30. The van der Waals surface area contributed by atoms with Gasteiger partial charge in [-0.1, -0.05) is 38.1 Å². The average molecular weight is 334 g/mol. The largest absolute Gasteiger partial charge is 0.392 e. The smallest absolute Gasteiger partial charge is 0.237 e. The maximum absolute atomic E-state index is 12.5. The molecule has 1 aromatic carbocycles. The molecule has 2 rings (SSSR count). The van der Waals surface area contributed by atoms with Gasteiger partial charge in [0.05, 0.1) is 12.6 Å². The third-order valence-electron chi connectivity index (χ3n) is 4.50. The number of hydrogen-bond acceptors (Lipinski definition) is 4. The molecule has 0 spiro atoms. The van der Waals surface area contributed by atoms with Crippen LogP contribution >= 0.6 is 0 Å². The van der Waals surface area contributed by atoms with E-state index >= 15 is 0 Å². The second kappa shape index (κ2) is 9.77. The SMILES string of the molecule is CC(C)C(NC1CCOCC1)C(=O)NCCc1ccc(CO)cc1. The predicted octanol–water partition coefficient (Wildman–Crippen LogP) is 1.63. The molecule has 1 atom stereocenters. The zero-order valence-corrected chi connectivity index (χ0v) is 14.8. The minimum atomic E-state index is -0.162. The monoisotopic (exact) mass is 334 g/mol. The van der Waals surface area contributed by atoms with Crippen LogP contribution in [0.2, 0.25) is 0 Å². The predicted molar refractivity (Wildman–Crippen MR) is 94.7 cm³/mol. The van der Waals surface area contributed by atoms with Crippen molar-refractivity contribution >= 4 is 5.91 Å². The van der Waals surface area contributed by atoms with Crippen LogP contribution in [0.5, 0.6) is 0 Å². The third-order valence-corrected chi connectivity index (χ3v) is 4.50. The molecule has 1 unspecified atom stereocenters. The Morgan fingerprint density at radius 3 is 2.42 bits per heavy atom. The molecule has 5 heteroatoms. The number of rotatable bonds is 8. The number of aliphatic hydroxyl groups excluding tert-OH is 1. The summed E-state index contributed by atoms with van der Waals surface area (Å²) >= 11 is 0. The highest BCUT2D eigenvalue weighted by atomic mass is 16.5. The van der Waals surface area contributed by atoms with Crippen molar-refractivity contribution in [1.29, 1.82) is 0 Å². The number of carbonyl (C=O) groups excluding carboxylic acids is 1. The first-order valence-corrected chi connectivity index (χ1v) is 8.90. The molecule has 1 fully saturated rings. The maximum atomic E-state index is 12.5. The zero-order valence-electron chi connectivity index (χ0n) is 14.8. The van der Waals surface area contributed by atoms with Gasteiger partial charge in [-0.3, -0.25) is 4.79 Å². The molecule has 0 aliphatic carbocycles. The van der Waals surface area contributed by atoms with Crippen molar-refractivity contribution in [2.45, 2.75) is 51.8 Å². The van der Waals surface area contributed by atoms with Crippen LogP contribution in [0.1, 0.15) is 37.8 Å². The maximum Gasteiger partial charge on any atom is 0.237 e. The van der Waals surface area contributed by atoms with Crippen LogP contribution in [0.15, 0.2) is 24.3 Å². The van der Waals surface area contributed by atoms with Crippen LogP contribution < -0.4 is 10.6 Å². The van der Waals surface area contributed by atoms with Crippen LogP contribution in [0, 0.1) is 5.92 Å². The van der Waals surface area contributed by atoms with Crippen LogP contribution in [0.25, 0.3) is 0 Å². The van der Waals surface area contributed by atoms with E-state index in [9.17, 15) is 4.79 Å². The minimum Gasteiger partial charge on any atom is -0.392 e. The molecule has 1 amide bonds. The topological polar surface area (TPSA) is 70.6 Å². The molecule has 1 aromatic rings. The van der Waals surface area contributed by atoms with E-state index in [4.69, 9.17) is 9.84 Å². The number of carbonyl (C=O) groups is 1. The van der Waals surface area contributed by atoms with E-state index in [0.29, 0.717) is 12.6 Å². The lowest BCUT2D eigenvalue weighted by molar-refractivity contribution is -0.124. The van der Waals surface area contributed by atoms with Gasteiger partial charge in [0.1, 0.15) is 0 Å². The first-order valence-electron chi connectivity index (χ1n) is 8.90. The van der Waals surface area contributed by atoms with E-state index in [1.807, 2.05) is 24.3 Å². The number of amides is 1. The second-order valence-corrected chi connectivity index (χ2v) is 6.79. The standard InChI is InChI=1S/C19H30N2O3/c1-14(2)18(21-17-8-11-24-12-9-17)19(23)20-10-7-15-3-5-16(13-22)6-4-15/h3-6,14,17-18,21-22H,7-13H2,1-2H3,(H,20,23). The summed E-state index contributed by atoms with van der Waals surface area (Å²) in [6.07, 6.45) is 2.72. The molecule has 1 aliphatic heterocycles. The molecule has 134 valence electrons. The van der Waals surface area contributed by atoms with E-state index in [2.05, 4.69) is 24.5 Å². The summed E-state index contributed by atoms with van der Waals surface area (Å²) in [5.74, 6) is 0.320. The van der Waals surface area contributed by atoms with E-state index in [-0.39, 0.29) is 24.5 Å². The van der Waals surface area contributed by atoms with Crippen molar-refractivity contribution in [2.75, 3.05) is 19.8 Å². The van der Waals surface area contributed by atoms with Crippen LogP contribution in [-0.4, -0.2) is 42.9 Å². The van der Waals surface area contributed by atoms with Crippen molar-refractivity contribution < 1.29 is 14.6 Å². The Kier molecular flexibility index (Phi) is 7.69. The van der Waals surface area contributed by atoms with Crippen molar-refractivity contribution in [2.24, 2.45) is 5.92 Å². The molecule has 24 heavy (non-hydrogen) atoms. The summed E-state index contributed by atoms with van der Waals surface area (Å²) in [6, 6.07) is 8.03. The molecule has 0 saturated carbocycles. The van der Waals surface area contributed by atoms with Crippen molar-refractivity contribution in [3.8, 4) is 0 Å². The highest BCUT2D eigenvalue weighted by Crippen LogP contribution is 2.11. The van der Waals surface area contributed by atoms with Gasteiger partial charge in [0.25, 0.3) is 0 Å². The summed E-state index contributed by atoms with van der Waals surface area (Å²) in [5.41, 5.74) is 2.06. The fourth-order valence-corrected chi connectivity index (χ4v) is 2.94. The number of hydrogen-bond donors (Lipinski definition) is 3. The lowest BCUT2D eigenvalue weighted by atomic mass is 10.00. The van der Waals surface area contributed by atoms with Gasteiger partial charge >= 0.3 is 0 Å². The molecule has 1 aliphatic rings. The van der Waals surface area contributed by atoms with Gasteiger partial charge in [-0.25, -0.2) is 0 Å². The second-order valence-electron chi connectivity index (χ2n) is 6.79. The van der Waals surface area contributed by atoms with Gasteiger partial charge in [0, 0.05) is 25.8 Å². The Morgan fingerprint density at radius 2 is 1.83 bits per heavy atom. The molecule has 1 heterocycles. The van der Waals surface area contributed by atoms with Crippen LogP contribution in [0.4, 0.5) is 0 Å². The van der Waals surface area contributed by atoms with Gasteiger partial charge < -0.3 is 20.5 Å². The molecule has 3 N–H and O–H groups in total. The van der Waals surface area contributed by atoms with Gasteiger partial charge in [-0.2, -0.15) is 0 Å². The Bertz CT molecular complexity index is 496. The third kappa shape index (κ3) is 5.89. The Labute approximate surface area is 144 Å². The normalized spacial score (nSPS) is 17.0. The summed E-state index contributed by atoms with van der Waals surface area (Å²) in [7, 11) is 0. The highest BCUT2D eigenvalue weighted by molar-refractivity contribution is 5.82. The number of benzene rings is 1. The van der Waals surface area contributed by atoms with Crippen LogP contribution in [0.3, 0.4) is 0 Å².